The Hall–Kier alpha value is -3.07. The van der Waals surface area contributed by atoms with E-state index in [1.807, 2.05) is 6.07 Å². The standard InChI is InChI=1S/C22H23F2N3O5S/c1-30-10-4-7-27-20(29)18(13-15-5-2-3-6-17(15)32-22(23)24)33-21(27)16(14-25)19(28)26-8-11-31-12-9-26/h2-3,5-6,13,22H,4,7-12H2,1H3/b18-13+,21-16-. The zero-order valence-corrected chi connectivity index (χ0v) is 18.8. The van der Waals surface area contributed by atoms with Gasteiger partial charge >= 0.3 is 6.61 Å². The number of ether oxygens (including phenoxy) is 3. The molecule has 33 heavy (non-hydrogen) atoms. The molecule has 0 atom stereocenters. The van der Waals surface area contributed by atoms with E-state index in [1.165, 1.54) is 28.7 Å². The Labute approximate surface area is 192 Å². The third kappa shape index (κ3) is 6.04. The molecule has 0 unspecified atom stereocenters. The van der Waals surface area contributed by atoms with Gasteiger partial charge in [-0.15, -0.1) is 11.3 Å². The van der Waals surface area contributed by atoms with Crippen LogP contribution in [0.5, 0.6) is 5.75 Å². The van der Waals surface area contributed by atoms with E-state index in [9.17, 15) is 23.6 Å². The number of para-hydroxylation sites is 1. The number of thiazole rings is 1. The first-order valence-electron chi connectivity index (χ1n) is 10.2. The van der Waals surface area contributed by atoms with E-state index in [0.29, 0.717) is 39.3 Å². The zero-order valence-electron chi connectivity index (χ0n) is 18.0. The van der Waals surface area contributed by atoms with E-state index in [4.69, 9.17) is 9.47 Å². The largest absolute Gasteiger partial charge is 0.434 e. The number of carbonyl (C=O) groups is 1. The lowest BCUT2D eigenvalue weighted by molar-refractivity contribution is -0.128. The summed E-state index contributed by atoms with van der Waals surface area (Å²) in [7, 11) is 1.53. The average molecular weight is 480 g/mol. The number of aromatic nitrogens is 1. The molecular formula is C22H23F2N3O5S. The fourth-order valence-electron chi connectivity index (χ4n) is 3.33. The normalized spacial score (nSPS) is 15.5. The highest BCUT2D eigenvalue weighted by Gasteiger charge is 2.23. The van der Waals surface area contributed by atoms with Gasteiger partial charge < -0.3 is 19.1 Å². The Morgan fingerprint density at radius 2 is 2.06 bits per heavy atom. The average Bonchev–Trinajstić information content (AvgIpc) is 3.11. The van der Waals surface area contributed by atoms with Crippen LogP contribution < -0.4 is 19.5 Å². The number of carbonyl (C=O) groups excluding carboxylic acids is 1. The first-order valence-corrected chi connectivity index (χ1v) is 11.0. The van der Waals surface area contributed by atoms with Crippen LogP contribution in [0.3, 0.4) is 0 Å². The summed E-state index contributed by atoms with van der Waals surface area (Å²) in [5.74, 6) is -0.558. The van der Waals surface area contributed by atoms with Gasteiger partial charge in [0.15, 0.2) is 5.57 Å². The van der Waals surface area contributed by atoms with Crippen molar-refractivity contribution >= 4 is 28.9 Å². The second-order valence-corrected chi connectivity index (χ2v) is 8.06. The molecule has 11 heteroatoms. The van der Waals surface area contributed by atoms with Crippen molar-refractivity contribution < 1.29 is 27.8 Å². The van der Waals surface area contributed by atoms with Crippen molar-refractivity contribution in [3.05, 3.63) is 49.4 Å². The van der Waals surface area contributed by atoms with Crippen LogP contribution >= 0.6 is 11.3 Å². The molecule has 1 saturated heterocycles. The van der Waals surface area contributed by atoms with Crippen molar-refractivity contribution in [1.29, 1.82) is 5.26 Å². The molecule has 1 aliphatic rings. The number of amides is 1. The fraction of sp³-hybridized carbons (Fsp3) is 0.409. The molecule has 0 saturated carbocycles. The van der Waals surface area contributed by atoms with Crippen LogP contribution in [0.4, 0.5) is 8.78 Å². The minimum Gasteiger partial charge on any atom is -0.434 e. The van der Waals surface area contributed by atoms with Crippen molar-refractivity contribution in [2.24, 2.45) is 0 Å². The monoisotopic (exact) mass is 479 g/mol. The van der Waals surface area contributed by atoms with E-state index >= 15 is 0 Å². The summed E-state index contributed by atoms with van der Waals surface area (Å²) in [5, 5.41) is 9.80. The number of nitriles is 1. The van der Waals surface area contributed by atoms with E-state index < -0.39 is 18.1 Å². The molecule has 8 nitrogen and oxygen atoms in total. The van der Waals surface area contributed by atoms with Crippen molar-refractivity contribution in [2.45, 2.75) is 19.6 Å². The molecule has 1 amide bonds. The van der Waals surface area contributed by atoms with Gasteiger partial charge in [-0.25, -0.2) is 0 Å². The molecule has 1 aromatic heterocycles. The SMILES string of the molecule is COCCCn1c(=O)/c(=C\c2ccccc2OC(F)F)s/c1=C(/C#N)C(=O)N1CCOCC1. The van der Waals surface area contributed by atoms with Crippen molar-refractivity contribution in [1.82, 2.24) is 9.47 Å². The summed E-state index contributed by atoms with van der Waals surface area (Å²) in [6, 6.07) is 8.04. The van der Waals surface area contributed by atoms with Crippen LogP contribution in [0.2, 0.25) is 0 Å². The molecule has 1 aliphatic heterocycles. The molecule has 0 bridgehead atoms. The molecular weight excluding hydrogens is 456 g/mol. The minimum atomic E-state index is -3.02. The fourth-order valence-corrected chi connectivity index (χ4v) is 4.44. The molecule has 0 spiro atoms. The molecule has 176 valence electrons. The number of hydrogen-bond donors (Lipinski definition) is 0. The third-order valence-electron chi connectivity index (χ3n) is 4.90. The topological polar surface area (TPSA) is 93.8 Å². The van der Waals surface area contributed by atoms with E-state index in [-0.39, 0.29) is 32.6 Å². The predicted molar refractivity (Wildman–Crippen MR) is 117 cm³/mol. The van der Waals surface area contributed by atoms with Crippen LogP contribution in [0.1, 0.15) is 12.0 Å². The van der Waals surface area contributed by atoms with Gasteiger partial charge in [-0.3, -0.25) is 14.2 Å². The Balaban J connectivity index is 2.17. The zero-order chi connectivity index (χ0) is 23.8. The van der Waals surface area contributed by atoms with Gasteiger partial charge in [-0.2, -0.15) is 14.0 Å². The Morgan fingerprint density at radius 1 is 1.33 bits per heavy atom. The lowest BCUT2D eigenvalue weighted by atomic mass is 10.2. The van der Waals surface area contributed by atoms with Crippen molar-refractivity contribution in [2.75, 3.05) is 40.0 Å². The Bertz CT molecular complexity index is 1200. The number of halogens is 2. The number of benzene rings is 1. The van der Waals surface area contributed by atoms with Crippen LogP contribution in [-0.4, -0.2) is 62.0 Å². The van der Waals surface area contributed by atoms with E-state index in [0.717, 1.165) is 11.3 Å². The minimum absolute atomic E-state index is 0.0818. The second kappa shape index (κ2) is 11.7. The van der Waals surface area contributed by atoms with Gasteiger partial charge in [-0.05, 0) is 18.6 Å². The first-order chi connectivity index (χ1) is 16.0. The van der Waals surface area contributed by atoms with E-state index in [1.54, 1.807) is 18.2 Å². The lowest BCUT2D eigenvalue weighted by Crippen LogP contribution is -2.43. The maximum absolute atomic E-state index is 13.2. The summed E-state index contributed by atoms with van der Waals surface area (Å²) in [5.41, 5.74) is -0.293. The van der Waals surface area contributed by atoms with Crippen molar-refractivity contribution in [3.63, 3.8) is 0 Å². The molecule has 1 aromatic carbocycles. The van der Waals surface area contributed by atoms with Crippen LogP contribution in [0.25, 0.3) is 11.6 Å². The second-order valence-electron chi connectivity index (χ2n) is 7.03. The number of morpholine rings is 1. The summed E-state index contributed by atoms with van der Waals surface area (Å²) < 4.78 is 42.2. The molecule has 3 rings (SSSR count). The maximum atomic E-state index is 13.2. The molecule has 2 heterocycles. The highest BCUT2D eigenvalue weighted by Crippen LogP contribution is 2.20. The van der Waals surface area contributed by atoms with Crippen molar-refractivity contribution in [3.8, 4) is 11.8 Å². The number of methoxy groups -OCH3 is 1. The first kappa shape index (κ1) is 24.6. The van der Waals surface area contributed by atoms with Gasteiger partial charge in [0.25, 0.3) is 11.5 Å². The number of rotatable bonds is 8. The maximum Gasteiger partial charge on any atom is 0.387 e. The quantitative estimate of drug-likeness (QED) is 0.523. The predicted octanol–water partition coefficient (Wildman–Crippen LogP) is 0.910. The number of alkyl halides is 2. The smallest absolute Gasteiger partial charge is 0.387 e. The lowest BCUT2D eigenvalue weighted by Gasteiger charge is -2.26. The van der Waals surface area contributed by atoms with Gasteiger partial charge in [0.05, 0.1) is 17.7 Å². The molecule has 2 aromatic rings. The highest BCUT2D eigenvalue weighted by molar-refractivity contribution is 7.07. The molecule has 0 radical (unpaired) electrons. The van der Waals surface area contributed by atoms with Gasteiger partial charge in [-0.1, -0.05) is 18.2 Å². The van der Waals surface area contributed by atoms with E-state index in [2.05, 4.69) is 4.74 Å². The summed E-state index contributed by atoms with van der Waals surface area (Å²) >= 11 is 0.964. The number of hydrogen-bond acceptors (Lipinski definition) is 7. The van der Waals surface area contributed by atoms with Gasteiger partial charge in [0, 0.05) is 38.9 Å². The Morgan fingerprint density at radius 3 is 2.73 bits per heavy atom. The van der Waals surface area contributed by atoms with Crippen LogP contribution in [0, 0.1) is 11.3 Å². The highest BCUT2D eigenvalue weighted by atomic mass is 32.1. The van der Waals surface area contributed by atoms with Crippen LogP contribution in [-0.2, 0) is 20.8 Å². The molecule has 1 fully saturated rings. The summed E-state index contributed by atoms with van der Waals surface area (Å²) in [6.07, 6.45) is 1.91. The van der Waals surface area contributed by atoms with Gasteiger partial charge in [0.1, 0.15) is 16.5 Å². The summed E-state index contributed by atoms with van der Waals surface area (Å²) in [6.45, 7) is -0.978. The number of nitrogens with zero attached hydrogens (tertiary/aromatic N) is 3. The molecule has 0 aliphatic carbocycles. The third-order valence-corrected chi connectivity index (χ3v) is 6.03. The van der Waals surface area contributed by atoms with Crippen LogP contribution in [0.15, 0.2) is 29.1 Å². The molecule has 0 N–H and O–H groups in total. The Kier molecular flexibility index (Phi) is 8.71. The van der Waals surface area contributed by atoms with Gasteiger partial charge in [0.2, 0.25) is 0 Å². The summed E-state index contributed by atoms with van der Waals surface area (Å²) in [4.78, 5) is 27.7.